The summed E-state index contributed by atoms with van der Waals surface area (Å²) in [6.45, 7) is 4.13. The van der Waals surface area contributed by atoms with E-state index in [9.17, 15) is 0 Å². The zero-order valence-corrected chi connectivity index (χ0v) is 11.7. The molecule has 0 amide bonds. The van der Waals surface area contributed by atoms with Crippen molar-refractivity contribution in [2.24, 2.45) is 5.92 Å². The average Bonchev–Trinajstić information content (AvgIpc) is 2.43. The molecule has 0 aromatic heterocycles. The van der Waals surface area contributed by atoms with Crippen LogP contribution in [0, 0.1) is 5.92 Å². The Hall–Kier alpha value is -1.42. The number of ether oxygens (including phenoxy) is 2. The molecule has 0 aliphatic rings. The van der Waals surface area contributed by atoms with Gasteiger partial charge in [-0.05, 0) is 31.6 Å². The molecule has 4 nitrogen and oxygen atoms in total. The van der Waals surface area contributed by atoms with E-state index in [1.807, 2.05) is 25.2 Å². The maximum atomic E-state index is 5.34. The minimum Gasteiger partial charge on any atom is -0.497 e. The van der Waals surface area contributed by atoms with Crippen molar-refractivity contribution in [1.29, 1.82) is 0 Å². The molecule has 0 saturated carbocycles. The number of nitrogens with one attached hydrogen (secondary N) is 2. The molecule has 0 saturated heterocycles. The number of hydrogen-bond donors (Lipinski definition) is 2. The van der Waals surface area contributed by atoms with Gasteiger partial charge < -0.3 is 20.1 Å². The van der Waals surface area contributed by atoms with E-state index in [4.69, 9.17) is 9.47 Å². The molecule has 0 bridgehead atoms. The van der Waals surface area contributed by atoms with Crippen molar-refractivity contribution in [3.63, 3.8) is 0 Å². The van der Waals surface area contributed by atoms with Crippen LogP contribution in [0.2, 0.25) is 0 Å². The molecule has 1 aromatic carbocycles. The highest BCUT2D eigenvalue weighted by atomic mass is 16.5. The Bertz CT molecular complexity index is 356. The minimum atomic E-state index is 0.603. The van der Waals surface area contributed by atoms with Crippen LogP contribution < -0.4 is 20.1 Å². The monoisotopic (exact) mass is 252 g/mol. The van der Waals surface area contributed by atoms with Crippen molar-refractivity contribution >= 4 is 5.69 Å². The van der Waals surface area contributed by atoms with Crippen LogP contribution in [-0.2, 0) is 0 Å². The van der Waals surface area contributed by atoms with E-state index in [0.717, 1.165) is 36.7 Å². The molecule has 4 heteroatoms. The number of methoxy groups -OCH3 is 2. The summed E-state index contributed by atoms with van der Waals surface area (Å²) in [7, 11) is 5.33. The normalized spacial score (nSPS) is 12.0. The van der Waals surface area contributed by atoms with Crippen molar-refractivity contribution in [2.45, 2.75) is 13.3 Å². The summed E-state index contributed by atoms with van der Waals surface area (Å²) in [5.41, 5.74) is 0.978. The maximum Gasteiger partial charge on any atom is 0.142 e. The van der Waals surface area contributed by atoms with Gasteiger partial charge in [-0.2, -0.15) is 0 Å². The van der Waals surface area contributed by atoms with E-state index in [0.29, 0.717) is 5.92 Å². The van der Waals surface area contributed by atoms with E-state index in [1.165, 1.54) is 0 Å². The second kappa shape index (κ2) is 7.82. The fraction of sp³-hybridized carbons (Fsp3) is 0.571. The van der Waals surface area contributed by atoms with Crippen molar-refractivity contribution in [2.75, 3.05) is 39.7 Å². The van der Waals surface area contributed by atoms with Crippen molar-refractivity contribution < 1.29 is 9.47 Å². The lowest BCUT2D eigenvalue weighted by Gasteiger charge is -2.18. The molecule has 0 spiro atoms. The van der Waals surface area contributed by atoms with E-state index >= 15 is 0 Å². The molecule has 0 aliphatic heterocycles. The summed E-state index contributed by atoms with van der Waals surface area (Å²) in [5, 5.41) is 6.64. The highest BCUT2D eigenvalue weighted by Gasteiger charge is 2.08. The van der Waals surface area contributed by atoms with Gasteiger partial charge in [0.25, 0.3) is 0 Å². The van der Waals surface area contributed by atoms with Crippen LogP contribution in [0.1, 0.15) is 13.3 Å². The summed E-state index contributed by atoms with van der Waals surface area (Å²) in [4.78, 5) is 0. The largest absolute Gasteiger partial charge is 0.497 e. The average molecular weight is 252 g/mol. The molecule has 2 N–H and O–H groups in total. The predicted molar refractivity (Wildman–Crippen MR) is 75.7 cm³/mol. The van der Waals surface area contributed by atoms with Gasteiger partial charge in [-0.25, -0.2) is 0 Å². The summed E-state index contributed by atoms with van der Waals surface area (Å²) in [6, 6.07) is 5.78. The Morgan fingerprint density at radius 2 is 1.94 bits per heavy atom. The van der Waals surface area contributed by atoms with Gasteiger partial charge in [0.1, 0.15) is 11.5 Å². The first-order chi connectivity index (χ1) is 8.74. The fourth-order valence-corrected chi connectivity index (χ4v) is 1.86. The lowest BCUT2D eigenvalue weighted by atomic mass is 10.1. The van der Waals surface area contributed by atoms with Gasteiger partial charge in [-0.1, -0.05) is 13.3 Å². The number of benzene rings is 1. The Morgan fingerprint density at radius 1 is 1.17 bits per heavy atom. The molecule has 1 atom stereocenters. The molecule has 1 rings (SSSR count). The minimum absolute atomic E-state index is 0.603. The maximum absolute atomic E-state index is 5.34. The van der Waals surface area contributed by atoms with Crippen LogP contribution in [-0.4, -0.2) is 34.4 Å². The van der Waals surface area contributed by atoms with Crippen molar-refractivity contribution in [3.8, 4) is 11.5 Å². The SMILES string of the molecule is CCC(CNC)CNc1cc(OC)ccc1OC. The van der Waals surface area contributed by atoms with Crippen molar-refractivity contribution in [3.05, 3.63) is 18.2 Å². The summed E-state index contributed by atoms with van der Waals surface area (Å²) >= 11 is 0. The van der Waals surface area contributed by atoms with Crippen LogP contribution in [0.4, 0.5) is 5.69 Å². The van der Waals surface area contributed by atoms with Gasteiger partial charge >= 0.3 is 0 Å². The first-order valence-corrected chi connectivity index (χ1v) is 6.35. The van der Waals surface area contributed by atoms with Crippen LogP contribution in [0.25, 0.3) is 0 Å². The number of hydrogen-bond acceptors (Lipinski definition) is 4. The highest BCUT2D eigenvalue weighted by Crippen LogP contribution is 2.29. The zero-order valence-electron chi connectivity index (χ0n) is 11.7. The quantitative estimate of drug-likeness (QED) is 0.745. The molecule has 1 unspecified atom stereocenters. The second-order valence-corrected chi connectivity index (χ2v) is 4.28. The Morgan fingerprint density at radius 3 is 2.50 bits per heavy atom. The van der Waals surface area contributed by atoms with E-state index in [-0.39, 0.29) is 0 Å². The first-order valence-electron chi connectivity index (χ1n) is 6.35. The predicted octanol–water partition coefficient (Wildman–Crippen LogP) is 2.36. The van der Waals surface area contributed by atoms with Crippen LogP contribution in [0.5, 0.6) is 11.5 Å². The molecular weight excluding hydrogens is 228 g/mol. The third kappa shape index (κ3) is 4.11. The van der Waals surface area contributed by atoms with E-state index in [1.54, 1.807) is 14.2 Å². The lowest BCUT2D eigenvalue weighted by Crippen LogP contribution is -2.24. The first kappa shape index (κ1) is 14.6. The van der Waals surface area contributed by atoms with Gasteiger partial charge in [0.05, 0.1) is 19.9 Å². The van der Waals surface area contributed by atoms with E-state index in [2.05, 4.69) is 17.6 Å². The van der Waals surface area contributed by atoms with Gasteiger partial charge in [0, 0.05) is 12.6 Å². The van der Waals surface area contributed by atoms with Crippen molar-refractivity contribution in [1.82, 2.24) is 5.32 Å². The van der Waals surface area contributed by atoms with Crippen LogP contribution in [0.3, 0.4) is 0 Å². The number of anilines is 1. The van der Waals surface area contributed by atoms with E-state index < -0.39 is 0 Å². The van der Waals surface area contributed by atoms with Gasteiger partial charge in [0.15, 0.2) is 0 Å². The molecule has 0 radical (unpaired) electrons. The van der Waals surface area contributed by atoms with Gasteiger partial charge in [-0.3, -0.25) is 0 Å². The molecule has 18 heavy (non-hydrogen) atoms. The standard InChI is InChI=1S/C14H24N2O2/c1-5-11(9-15-2)10-16-13-8-12(17-3)6-7-14(13)18-4/h6-8,11,15-16H,5,9-10H2,1-4H3. The summed E-state index contributed by atoms with van der Waals surface area (Å²) in [5.74, 6) is 2.28. The molecule has 1 aromatic rings. The second-order valence-electron chi connectivity index (χ2n) is 4.28. The molecular formula is C14H24N2O2. The zero-order chi connectivity index (χ0) is 13.4. The molecule has 102 valence electrons. The smallest absolute Gasteiger partial charge is 0.142 e. The molecule has 0 heterocycles. The Labute approximate surface area is 110 Å². The highest BCUT2D eigenvalue weighted by molar-refractivity contribution is 5.59. The van der Waals surface area contributed by atoms with Gasteiger partial charge in [-0.15, -0.1) is 0 Å². The third-order valence-corrected chi connectivity index (χ3v) is 3.06. The number of rotatable bonds is 8. The molecule has 0 aliphatic carbocycles. The summed E-state index contributed by atoms with van der Waals surface area (Å²) < 4.78 is 10.6. The van der Waals surface area contributed by atoms with Gasteiger partial charge in [0.2, 0.25) is 0 Å². The topological polar surface area (TPSA) is 42.5 Å². The third-order valence-electron chi connectivity index (χ3n) is 3.06. The van der Waals surface area contributed by atoms with Crippen LogP contribution in [0.15, 0.2) is 18.2 Å². The molecule has 0 fully saturated rings. The summed E-state index contributed by atoms with van der Waals surface area (Å²) in [6.07, 6.45) is 1.14. The Kier molecular flexibility index (Phi) is 6.36. The lowest BCUT2D eigenvalue weighted by molar-refractivity contribution is 0.404. The fourth-order valence-electron chi connectivity index (χ4n) is 1.86. The Balaban J connectivity index is 2.69. The van der Waals surface area contributed by atoms with Crippen LogP contribution >= 0.6 is 0 Å².